The summed E-state index contributed by atoms with van der Waals surface area (Å²) in [6.45, 7) is 4.03. The Balaban J connectivity index is 1.84. The lowest BCUT2D eigenvalue weighted by Gasteiger charge is -2.32. The number of esters is 1. The van der Waals surface area contributed by atoms with Crippen LogP contribution in [0.3, 0.4) is 0 Å². The zero-order chi connectivity index (χ0) is 12.4. The van der Waals surface area contributed by atoms with E-state index in [4.69, 9.17) is 15.2 Å². The van der Waals surface area contributed by atoms with E-state index < -0.39 is 0 Å². The molecule has 4 atom stereocenters. The first-order valence-electron chi connectivity index (χ1n) is 6.34. The van der Waals surface area contributed by atoms with Gasteiger partial charge in [0.15, 0.2) is 0 Å². The minimum Gasteiger partial charge on any atom is -0.462 e. The molecule has 2 rings (SSSR count). The molecule has 1 aliphatic heterocycles. The van der Waals surface area contributed by atoms with Gasteiger partial charge in [-0.05, 0) is 20.3 Å². The van der Waals surface area contributed by atoms with Crippen molar-refractivity contribution in [3.8, 4) is 0 Å². The average molecular weight is 239 g/mol. The molecule has 0 aromatic rings. The highest BCUT2D eigenvalue weighted by atomic mass is 16.6. The molecule has 4 unspecified atom stereocenters. The van der Waals surface area contributed by atoms with Crippen LogP contribution < -0.4 is 5.73 Å². The summed E-state index contributed by atoms with van der Waals surface area (Å²) in [6.07, 6.45) is 6.31. The fourth-order valence-electron chi connectivity index (χ4n) is 2.59. The average Bonchev–Trinajstić information content (AvgIpc) is 2.63. The molecule has 1 fully saturated rings. The first kappa shape index (κ1) is 12.6. The standard InChI is InChI=1S/C13H21NO3/c1-8-5-12(6-9(2)16-8)17-13(15)10-3-4-11(14)7-10/h3-4,8-12H,5-7,14H2,1-2H3. The highest BCUT2D eigenvalue weighted by molar-refractivity contribution is 5.75. The van der Waals surface area contributed by atoms with E-state index in [9.17, 15) is 4.79 Å². The topological polar surface area (TPSA) is 61.5 Å². The fourth-order valence-corrected chi connectivity index (χ4v) is 2.59. The monoisotopic (exact) mass is 239 g/mol. The normalized spacial score (nSPS) is 41.5. The van der Waals surface area contributed by atoms with Crippen LogP contribution in [0.15, 0.2) is 12.2 Å². The number of rotatable bonds is 2. The van der Waals surface area contributed by atoms with Crippen molar-refractivity contribution in [3.63, 3.8) is 0 Å². The summed E-state index contributed by atoms with van der Waals surface area (Å²) in [6, 6.07) is 0.0000800. The smallest absolute Gasteiger partial charge is 0.313 e. The number of nitrogens with two attached hydrogens (primary N) is 1. The summed E-state index contributed by atoms with van der Waals surface area (Å²) in [4.78, 5) is 11.9. The predicted octanol–water partition coefficient (Wildman–Crippen LogP) is 1.39. The summed E-state index contributed by atoms with van der Waals surface area (Å²) < 4.78 is 11.2. The first-order chi connectivity index (χ1) is 8.04. The van der Waals surface area contributed by atoms with Crippen molar-refractivity contribution in [2.24, 2.45) is 11.7 Å². The van der Waals surface area contributed by atoms with Crippen LogP contribution in [-0.4, -0.2) is 30.3 Å². The van der Waals surface area contributed by atoms with Crippen LogP contribution in [0, 0.1) is 5.92 Å². The molecule has 0 saturated carbocycles. The first-order valence-corrected chi connectivity index (χ1v) is 6.34. The lowest BCUT2D eigenvalue weighted by atomic mass is 10.0. The summed E-state index contributed by atoms with van der Waals surface area (Å²) >= 11 is 0. The van der Waals surface area contributed by atoms with Gasteiger partial charge in [-0.25, -0.2) is 0 Å². The van der Waals surface area contributed by atoms with Gasteiger partial charge in [0.25, 0.3) is 0 Å². The molecule has 2 aliphatic rings. The van der Waals surface area contributed by atoms with Crippen LogP contribution in [0.5, 0.6) is 0 Å². The number of hydrogen-bond donors (Lipinski definition) is 1. The van der Waals surface area contributed by atoms with E-state index in [1.807, 2.05) is 26.0 Å². The van der Waals surface area contributed by atoms with Crippen LogP contribution in [0.2, 0.25) is 0 Å². The third-order valence-electron chi connectivity index (χ3n) is 3.36. The quantitative estimate of drug-likeness (QED) is 0.584. The van der Waals surface area contributed by atoms with Gasteiger partial charge in [-0.15, -0.1) is 0 Å². The second kappa shape index (κ2) is 5.19. The molecule has 0 aromatic heterocycles. The van der Waals surface area contributed by atoms with Crippen LogP contribution in [-0.2, 0) is 14.3 Å². The van der Waals surface area contributed by atoms with E-state index in [2.05, 4.69) is 0 Å². The molecule has 0 bridgehead atoms. The Morgan fingerprint density at radius 3 is 2.41 bits per heavy atom. The molecule has 96 valence electrons. The number of carbonyl (C=O) groups is 1. The minimum atomic E-state index is -0.154. The van der Waals surface area contributed by atoms with Crippen molar-refractivity contribution in [3.05, 3.63) is 12.2 Å². The maximum Gasteiger partial charge on any atom is 0.313 e. The van der Waals surface area contributed by atoms with Gasteiger partial charge >= 0.3 is 5.97 Å². The minimum absolute atomic E-state index is 0.0000800. The number of carbonyl (C=O) groups excluding carboxylic acids is 1. The van der Waals surface area contributed by atoms with E-state index in [0.717, 1.165) is 12.8 Å². The van der Waals surface area contributed by atoms with Crippen molar-refractivity contribution in [1.29, 1.82) is 0 Å². The molecule has 1 saturated heterocycles. The maximum absolute atomic E-state index is 11.9. The Hall–Kier alpha value is -0.870. The van der Waals surface area contributed by atoms with Crippen molar-refractivity contribution in [2.45, 2.75) is 57.5 Å². The van der Waals surface area contributed by atoms with Crippen LogP contribution in [0.1, 0.15) is 33.1 Å². The Bertz CT molecular complexity index is 306. The SMILES string of the molecule is CC1CC(OC(=O)C2C=CC(N)C2)CC(C)O1. The molecular formula is C13H21NO3. The molecule has 17 heavy (non-hydrogen) atoms. The lowest BCUT2D eigenvalue weighted by molar-refractivity contribution is -0.162. The van der Waals surface area contributed by atoms with E-state index in [0.29, 0.717) is 6.42 Å². The van der Waals surface area contributed by atoms with Crippen molar-refractivity contribution >= 4 is 5.97 Å². The zero-order valence-electron chi connectivity index (χ0n) is 10.5. The third-order valence-corrected chi connectivity index (χ3v) is 3.36. The van der Waals surface area contributed by atoms with Gasteiger partial charge < -0.3 is 15.2 Å². The molecule has 4 nitrogen and oxygen atoms in total. The second-order valence-corrected chi connectivity index (χ2v) is 5.18. The zero-order valence-corrected chi connectivity index (χ0v) is 10.5. The summed E-state index contributed by atoms with van der Waals surface area (Å²) in [7, 11) is 0. The molecular weight excluding hydrogens is 218 g/mol. The Labute approximate surface area is 102 Å². The van der Waals surface area contributed by atoms with Crippen LogP contribution in [0.4, 0.5) is 0 Å². The van der Waals surface area contributed by atoms with Crippen molar-refractivity contribution < 1.29 is 14.3 Å². The van der Waals surface area contributed by atoms with Gasteiger partial charge in [-0.2, -0.15) is 0 Å². The van der Waals surface area contributed by atoms with Crippen molar-refractivity contribution in [1.82, 2.24) is 0 Å². The van der Waals surface area contributed by atoms with E-state index in [1.165, 1.54) is 0 Å². The van der Waals surface area contributed by atoms with Gasteiger partial charge in [-0.1, -0.05) is 12.2 Å². The summed E-state index contributed by atoms with van der Waals surface area (Å²) in [5, 5.41) is 0. The van der Waals surface area contributed by atoms with Gasteiger partial charge in [0.05, 0.1) is 18.1 Å². The molecule has 0 amide bonds. The predicted molar refractivity (Wildman–Crippen MR) is 64.3 cm³/mol. The van der Waals surface area contributed by atoms with E-state index >= 15 is 0 Å². The van der Waals surface area contributed by atoms with Gasteiger partial charge in [-0.3, -0.25) is 4.79 Å². The summed E-state index contributed by atoms with van der Waals surface area (Å²) in [5.41, 5.74) is 5.73. The highest BCUT2D eigenvalue weighted by Crippen LogP contribution is 2.24. The van der Waals surface area contributed by atoms with Crippen LogP contribution >= 0.6 is 0 Å². The molecule has 0 radical (unpaired) electrons. The largest absolute Gasteiger partial charge is 0.462 e. The van der Waals surface area contributed by atoms with Gasteiger partial charge in [0, 0.05) is 18.9 Å². The molecule has 2 N–H and O–H groups in total. The molecule has 4 heteroatoms. The highest BCUT2D eigenvalue weighted by Gasteiger charge is 2.30. The molecule has 0 aromatic carbocycles. The molecule has 0 spiro atoms. The Kier molecular flexibility index (Phi) is 3.84. The summed E-state index contributed by atoms with van der Waals surface area (Å²) in [5.74, 6) is -0.293. The fraction of sp³-hybridized carbons (Fsp3) is 0.769. The van der Waals surface area contributed by atoms with Gasteiger partial charge in [0.2, 0.25) is 0 Å². The molecule has 1 heterocycles. The second-order valence-electron chi connectivity index (χ2n) is 5.18. The Morgan fingerprint density at radius 1 is 1.24 bits per heavy atom. The van der Waals surface area contributed by atoms with E-state index in [-0.39, 0.29) is 36.2 Å². The molecule has 1 aliphatic carbocycles. The number of hydrogen-bond acceptors (Lipinski definition) is 4. The lowest BCUT2D eigenvalue weighted by Crippen LogP contribution is -2.36. The van der Waals surface area contributed by atoms with Gasteiger partial charge in [0.1, 0.15) is 6.10 Å². The maximum atomic E-state index is 11.9. The van der Waals surface area contributed by atoms with Crippen LogP contribution in [0.25, 0.3) is 0 Å². The van der Waals surface area contributed by atoms with Crippen molar-refractivity contribution in [2.75, 3.05) is 0 Å². The van der Waals surface area contributed by atoms with E-state index in [1.54, 1.807) is 0 Å². The third kappa shape index (κ3) is 3.30. The number of ether oxygens (including phenoxy) is 2. The Morgan fingerprint density at radius 2 is 1.88 bits per heavy atom.